The average molecular weight is 436 g/mol. The van der Waals surface area contributed by atoms with E-state index in [9.17, 15) is 14.7 Å². The Morgan fingerprint density at radius 3 is 2.31 bits per heavy atom. The second-order valence-corrected chi connectivity index (χ2v) is 8.42. The molecule has 4 rings (SSSR count). The summed E-state index contributed by atoms with van der Waals surface area (Å²) in [6, 6.07) is 12.1. The molecule has 0 radical (unpaired) electrons. The molecule has 168 valence electrons. The number of nitrogens with zero attached hydrogens (tertiary/aromatic N) is 1. The minimum atomic E-state index is -0.642. The van der Waals surface area contributed by atoms with Gasteiger partial charge in [-0.3, -0.25) is 9.59 Å². The number of methoxy groups -OCH3 is 2. The molecule has 1 saturated heterocycles. The van der Waals surface area contributed by atoms with Crippen LogP contribution in [0.25, 0.3) is 5.76 Å². The quantitative estimate of drug-likeness (QED) is 0.416. The van der Waals surface area contributed by atoms with Gasteiger partial charge in [-0.15, -0.1) is 0 Å². The zero-order chi connectivity index (χ0) is 22.8. The number of carbonyl (C=O) groups is 2. The lowest BCUT2D eigenvalue weighted by Crippen LogP contribution is -2.40. The van der Waals surface area contributed by atoms with Gasteiger partial charge in [-0.1, -0.05) is 43.5 Å². The van der Waals surface area contributed by atoms with Gasteiger partial charge < -0.3 is 19.5 Å². The normalized spacial score (nSPS) is 21.1. The smallest absolute Gasteiger partial charge is 0.295 e. The summed E-state index contributed by atoms with van der Waals surface area (Å²) in [4.78, 5) is 28.3. The molecule has 1 N–H and O–H groups in total. The molecule has 2 aromatic rings. The van der Waals surface area contributed by atoms with E-state index in [0.29, 0.717) is 17.1 Å². The van der Waals surface area contributed by atoms with Gasteiger partial charge in [0.05, 0.1) is 25.8 Å². The van der Waals surface area contributed by atoms with Crippen molar-refractivity contribution in [1.82, 2.24) is 4.90 Å². The third-order valence-corrected chi connectivity index (χ3v) is 6.59. The number of carbonyl (C=O) groups excluding carboxylic acids is 2. The van der Waals surface area contributed by atoms with Crippen LogP contribution in [0.2, 0.25) is 0 Å². The molecule has 2 fully saturated rings. The average Bonchev–Trinajstić information content (AvgIpc) is 3.09. The van der Waals surface area contributed by atoms with Gasteiger partial charge in [0, 0.05) is 11.6 Å². The number of aryl methyl sites for hydroxylation is 1. The van der Waals surface area contributed by atoms with E-state index in [1.807, 2.05) is 31.2 Å². The van der Waals surface area contributed by atoms with Crippen LogP contribution in [0, 0.1) is 6.92 Å². The van der Waals surface area contributed by atoms with Crippen LogP contribution in [0.4, 0.5) is 0 Å². The molecule has 1 saturated carbocycles. The molecule has 6 heteroatoms. The van der Waals surface area contributed by atoms with E-state index in [1.54, 1.807) is 23.1 Å². The highest BCUT2D eigenvalue weighted by atomic mass is 16.5. The van der Waals surface area contributed by atoms with Crippen LogP contribution in [-0.2, 0) is 9.59 Å². The number of hydrogen-bond donors (Lipinski definition) is 1. The number of aliphatic hydroxyl groups excluding tert-OH is 1. The van der Waals surface area contributed by atoms with Crippen LogP contribution >= 0.6 is 0 Å². The van der Waals surface area contributed by atoms with Gasteiger partial charge in [0.1, 0.15) is 5.76 Å². The molecule has 32 heavy (non-hydrogen) atoms. The maximum atomic E-state index is 13.3. The molecular formula is C26H29NO5. The molecular weight excluding hydrogens is 406 g/mol. The van der Waals surface area contributed by atoms with Crippen molar-refractivity contribution in [2.24, 2.45) is 0 Å². The van der Waals surface area contributed by atoms with Gasteiger partial charge in [0.25, 0.3) is 11.7 Å². The van der Waals surface area contributed by atoms with E-state index >= 15 is 0 Å². The molecule has 2 aliphatic rings. The predicted octanol–water partition coefficient (Wildman–Crippen LogP) is 4.77. The van der Waals surface area contributed by atoms with Crippen molar-refractivity contribution in [2.45, 2.75) is 51.1 Å². The van der Waals surface area contributed by atoms with E-state index in [4.69, 9.17) is 9.47 Å². The van der Waals surface area contributed by atoms with Crippen LogP contribution < -0.4 is 9.47 Å². The van der Waals surface area contributed by atoms with E-state index in [-0.39, 0.29) is 17.4 Å². The Hall–Kier alpha value is -3.28. The maximum Gasteiger partial charge on any atom is 0.295 e. The summed E-state index contributed by atoms with van der Waals surface area (Å²) in [6.07, 6.45) is 4.94. The first-order valence-corrected chi connectivity index (χ1v) is 11.1. The fourth-order valence-electron chi connectivity index (χ4n) is 4.92. The lowest BCUT2D eigenvalue weighted by atomic mass is 9.89. The molecule has 1 unspecified atom stereocenters. The summed E-state index contributed by atoms with van der Waals surface area (Å²) < 4.78 is 10.6. The molecule has 0 aromatic heterocycles. The summed E-state index contributed by atoms with van der Waals surface area (Å²) in [7, 11) is 3.04. The summed E-state index contributed by atoms with van der Waals surface area (Å²) >= 11 is 0. The van der Waals surface area contributed by atoms with Gasteiger partial charge in [-0.2, -0.15) is 0 Å². The van der Waals surface area contributed by atoms with Crippen molar-refractivity contribution < 1.29 is 24.2 Å². The van der Waals surface area contributed by atoms with Crippen LogP contribution in [0.1, 0.15) is 54.8 Å². The lowest BCUT2D eigenvalue weighted by molar-refractivity contribution is -0.141. The number of aliphatic hydroxyl groups is 1. The monoisotopic (exact) mass is 435 g/mol. The molecule has 1 aliphatic carbocycles. The second kappa shape index (κ2) is 9.07. The summed E-state index contributed by atoms with van der Waals surface area (Å²) in [5.74, 6) is -0.424. The topological polar surface area (TPSA) is 76.1 Å². The number of ketones is 1. The minimum absolute atomic E-state index is 0.0134. The summed E-state index contributed by atoms with van der Waals surface area (Å²) in [5.41, 5.74) is 2.36. The summed E-state index contributed by atoms with van der Waals surface area (Å²) in [6.45, 7) is 1.97. The highest BCUT2D eigenvalue weighted by Gasteiger charge is 2.49. The predicted molar refractivity (Wildman–Crippen MR) is 122 cm³/mol. The molecule has 1 aliphatic heterocycles. The van der Waals surface area contributed by atoms with Gasteiger partial charge in [0.2, 0.25) is 0 Å². The Morgan fingerprint density at radius 2 is 1.66 bits per heavy atom. The lowest BCUT2D eigenvalue weighted by Gasteiger charge is -2.36. The Balaban J connectivity index is 1.89. The van der Waals surface area contributed by atoms with Crippen LogP contribution in [-0.4, -0.2) is 42.0 Å². The van der Waals surface area contributed by atoms with Crippen molar-refractivity contribution in [3.63, 3.8) is 0 Å². The standard InChI is InChI=1S/C26H29NO5/c1-16-9-7-8-12-19(16)23-22(24(28)17-13-14-20(31-2)21(15-17)32-3)25(29)26(30)27(23)18-10-5-4-6-11-18/h7-9,12-15,18,23,28H,4-6,10-11H2,1-3H3/b24-22+. The van der Waals surface area contributed by atoms with Gasteiger partial charge >= 0.3 is 0 Å². The van der Waals surface area contributed by atoms with Crippen LogP contribution in [0.5, 0.6) is 11.5 Å². The molecule has 1 heterocycles. The van der Waals surface area contributed by atoms with Crippen molar-refractivity contribution >= 4 is 17.4 Å². The maximum absolute atomic E-state index is 13.3. The Labute approximate surface area is 188 Å². The van der Waals surface area contributed by atoms with Crippen molar-refractivity contribution in [1.29, 1.82) is 0 Å². The van der Waals surface area contributed by atoms with Crippen molar-refractivity contribution in [3.8, 4) is 11.5 Å². The first-order chi connectivity index (χ1) is 15.5. The first kappa shape index (κ1) is 21.9. The van der Waals surface area contributed by atoms with Gasteiger partial charge in [-0.25, -0.2) is 0 Å². The Bertz CT molecular complexity index is 1070. The molecule has 0 bridgehead atoms. The van der Waals surface area contributed by atoms with Crippen molar-refractivity contribution in [3.05, 3.63) is 64.7 Å². The number of ether oxygens (including phenoxy) is 2. The SMILES string of the molecule is COc1ccc(/C(O)=C2\C(=O)C(=O)N(C3CCCCC3)C2c2ccccc2C)cc1OC. The highest BCUT2D eigenvalue weighted by Crippen LogP contribution is 2.44. The largest absolute Gasteiger partial charge is 0.507 e. The number of amides is 1. The molecule has 6 nitrogen and oxygen atoms in total. The second-order valence-electron chi connectivity index (χ2n) is 8.42. The van der Waals surface area contributed by atoms with E-state index in [1.165, 1.54) is 14.2 Å². The van der Waals surface area contributed by atoms with E-state index in [0.717, 1.165) is 43.2 Å². The van der Waals surface area contributed by atoms with Gasteiger partial charge in [-0.05, 0) is 49.1 Å². The van der Waals surface area contributed by atoms with E-state index < -0.39 is 17.7 Å². The first-order valence-electron chi connectivity index (χ1n) is 11.1. The number of benzene rings is 2. The summed E-state index contributed by atoms with van der Waals surface area (Å²) in [5, 5.41) is 11.3. The fourth-order valence-corrected chi connectivity index (χ4v) is 4.92. The van der Waals surface area contributed by atoms with Gasteiger partial charge in [0.15, 0.2) is 11.5 Å². The third kappa shape index (κ3) is 3.74. The zero-order valence-corrected chi connectivity index (χ0v) is 18.8. The Morgan fingerprint density at radius 1 is 0.969 bits per heavy atom. The van der Waals surface area contributed by atoms with Crippen molar-refractivity contribution in [2.75, 3.05) is 14.2 Å². The fraction of sp³-hybridized carbons (Fsp3) is 0.385. The number of hydrogen-bond acceptors (Lipinski definition) is 5. The molecule has 1 amide bonds. The highest BCUT2D eigenvalue weighted by molar-refractivity contribution is 6.46. The number of rotatable bonds is 5. The third-order valence-electron chi connectivity index (χ3n) is 6.59. The molecule has 0 spiro atoms. The zero-order valence-electron chi connectivity index (χ0n) is 18.8. The van der Waals surface area contributed by atoms with Crippen LogP contribution in [0.15, 0.2) is 48.0 Å². The Kier molecular flexibility index (Phi) is 6.21. The molecule has 2 aromatic carbocycles. The molecule has 1 atom stereocenters. The van der Waals surface area contributed by atoms with Crippen LogP contribution in [0.3, 0.4) is 0 Å². The minimum Gasteiger partial charge on any atom is -0.507 e. The number of likely N-dealkylation sites (tertiary alicyclic amines) is 1. The number of Topliss-reactive ketones (excluding diaryl/α,β-unsaturated/α-hetero) is 1. The van der Waals surface area contributed by atoms with E-state index in [2.05, 4.69) is 0 Å².